The number of aryl methyl sites for hydroxylation is 1. The Morgan fingerprint density at radius 2 is 1.71 bits per heavy atom. The van der Waals surface area contributed by atoms with Crippen LogP contribution in [0.1, 0.15) is 27.0 Å². The van der Waals surface area contributed by atoms with Crippen LogP contribution in [0.5, 0.6) is 5.75 Å². The molecule has 202 valence electrons. The van der Waals surface area contributed by atoms with Gasteiger partial charge < -0.3 is 10.1 Å². The summed E-state index contributed by atoms with van der Waals surface area (Å²) in [5.41, 5.74) is -1.45. The van der Waals surface area contributed by atoms with Crippen LogP contribution in [0.2, 0.25) is 5.02 Å². The molecule has 1 amide bonds. The van der Waals surface area contributed by atoms with Gasteiger partial charge in [-0.3, -0.25) is 9.59 Å². The zero-order valence-electron chi connectivity index (χ0n) is 20.2. The molecule has 0 spiro atoms. The lowest BCUT2D eigenvalue weighted by molar-refractivity contribution is -0.137. The number of ether oxygens (including phenoxy) is 1. The van der Waals surface area contributed by atoms with E-state index in [-0.39, 0.29) is 27.3 Å². The molecule has 1 N–H and O–H groups in total. The Morgan fingerprint density at radius 1 is 1.03 bits per heavy atom. The zero-order chi connectivity index (χ0) is 28.4. The molecule has 0 saturated heterocycles. The van der Waals surface area contributed by atoms with E-state index in [9.17, 15) is 35.6 Å². The van der Waals surface area contributed by atoms with E-state index >= 15 is 0 Å². The Kier molecular flexibility index (Phi) is 8.49. The van der Waals surface area contributed by atoms with Crippen LogP contribution in [0.25, 0.3) is 0 Å². The molecule has 3 aromatic rings. The highest BCUT2D eigenvalue weighted by atomic mass is 35.5. The van der Waals surface area contributed by atoms with E-state index in [4.69, 9.17) is 16.3 Å². The summed E-state index contributed by atoms with van der Waals surface area (Å²) in [5.74, 6) is -3.10. The van der Waals surface area contributed by atoms with Crippen LogP contribution in [0.4, 0.5) is 23.2 Å². The lowest BCUT2D eigenvalue weighted by atomic mass is 10.00. The van der Waals surface area contributed by atoms with Crippen LogP contribution in [-0.4, -0.2) is 45.1 Å². The summed E-state index contributed by atoms with van der Waals surface area (Å²) in [4.78, 5) is 25.5. The van der Waals surface area contributed by atoms with Crippen molar-refractivity contribution in [1.82, 2.24) is 4.31 Å². The van der Waals surface area contributed by atoms with Gasteiger partial charge in [0.15, 0.2) is 12.4 Å². The largest absolute Gasteiger partial charge is 0.483 e. The fourth-order valence-electron chi connectivity index (χ4n) is 3.32. The first-order chi connectivity index (χ1) is 17.6. The predicted molar refractivity (Wildman–Crippen MR) is 132 cm³/mol. The molecule has 38 heavy (non-hydrogen) atoms. The van der Waals surface area contributed by atoms with Gasteiger partial charge in [-0.05, 0) is 67.1 Å². The molecule has 0 fully saturated rings. The highest BCUT2D eigenvalue weighted by molar-refractivity contribution is 7.89. The molecule has 7 nitrogen and oxygen atoms in total. The lowest BCUT2D eigenvalue weighted by Gasteiger charge is -2.15. The molecule has 0 aliphatic carbocycles. The molecule has 0 bridgehead atoms. The molecular weight excluding hydrogens is 552 g/mol. The number of benzene rings is 3. The summed E-state index contributed by atoms with van der Waals surface area (Å²) in [7, 11) is -0.905. The number of halogens is 5. The van der Waals surface area contributed by atoms with Crippen molar-refractivity contribution in [2.45, 2.75) is 18.0 Å². The normalized spacial score (nSPS) is 11.9. The van der Waals surface area contributed by atoms with Crippen LogP contribution in [-0.2, 0) is 21.0 Å². The van der Waals surface area contributed by atoms with Gasteiger partial charge in [-0.1, -0.05) is 11.6 Å². The minimum absolute atomic E-state index is 0.0320. The molecule has 0 aromatic heterocycles. The third-order valence-corrected chi connectivity index (χ3v) is 7.33. The Bertz CT molecular complexity index is 1510. The van der Waals surface area contributed by atoms with Crippen molar-refractivity contribution in [2.24, 2.45) is 0 Å². The smallest absolute Gasteiger partial charge is 0.416 e. The second kappa shape index (κ2) is 11.1. The number of nitrogens with one attached hydrogen (secondary N) is 1. The van der Waals surface area contributed by atoms with E-state index in [0.717, 1.165) is 10.4 Å². The number of hydrogen-bond donors (Lipinski definition) is 1. The average Bonchev–Trinajstić information content (AvgIpc) is 2.82. The van der Waals surface area contributed by atoms with Crippen molar-refractivity contribution < 1.29 is 40.3 Å². The van der Waals surface area contributed by atoms with Crippen LogP contribution < -0.4 is 10.1 Å². The van der Waals surface area contributed by atoms with Gasteiger partial charge in [0, 0.05) is 30.4 Å². The van der Waals surface area contributed by atoms with Gasteiger partial charge in [0.1, 0.15) is 11.6 Å². The predicted octanol–water partition coefficient (Wildman–Crippen LogP) is 5.31. The molecule has 3 rings (SSSR count). The Balaban J connectivity index is 1.80. The number of amides is 1. The number of ketones is 1. The average molecular weight is 573 g/mol. The summed E-state index contributed by atoms with van der Waals surface area (Å²) >= 11 is 5.95. The second-order valence-corrected chi connectivity index (χ2v) is 10.9. The van der Waals surface area contributed by atoms with Crippen molar-refractivity contribution in [3.8, 4) is 5.75 Å². The highest BCUT2D eigenvalue weighted by Crippen LogP contribution is 2.32. The molecule has 0 saturated carbocycles. The van der Waals surface area contributed by atoms with E-state index in [0.29, 0.717) is 23.4 Å². The first-order valence-corrected chi connectivity index (χ1v) is 12.6. The third kappa shape index (κ3) is 6.69. The summed E-state index contributed by atoms with van der Waals surface area (Å²) < 4.78 is 84.2. The van der Waals surface area contributed by atoms with Crippen LogP contribution in [0, 0.1) is 12.7 Å². The zero-order valence-corrected chi connectivity index (χ0v) is 21.8. The van der Waals surface area contributed by atoms with Gasteiger partial charge in [0.2, 0.25) is 10.0 Å². The van der Waals surface area contributed by atoms with Crippen LogP contribution in [0.15, 0.2) is 59.5 Å². The maximum atomic E-state index is 13.8. The molecule has 0 aliphatic rings. The van der Waals surface area contributed by atoms with Gasteiger partial charge in [-0.2, -0.15) is 13.2 Å². The number of sulfonamides is 1. The Labute approximate surface area is 221 Å². The number of rotatable bonds is 8. The standard InChI is InChI=1S/C25H21ClF4N2O5S/c1-14-8-19(38(35,36)32(2)3)5-6-21(14)31-23(33)13-37-22-7-4-17(26)12-20(22)24(34)15-9-16(25(28,29)30)11-18(27)10-15/h4-12H,13H2,1-3H3,(H,31,33). The maximum absolute atomic E-state index is 13.8. The number of hydrogen-bond acceptors (Lipinski definition) is 5. The van der Waals surface area contributed by atoms with E-state index in [1.54, 1.807) is 6.92 Å². The summed E-state index contributed by atoms with van der Waals surface area (Å²) in [6.07, 6.45) is -4.88. The van der Waals surface area contributed by atoms with Gasteiger partial charge >= 0.3 is 6.18 Å². The Hall–Kier alpha value is -3.48. The van der Waals surface area contributed by atoms with Gasteiger partial charge in [0.25, 0.3) is 5.91 Å². The SMILES string of the molecule is Cc1cc(S(=O)(=O)N(C)C)ccc1NC(=O)COc1ccc(Cl)cc1C(=O)c1cc(F)cc(C(F)(F)F)c1. The number of carbonyl (C=O) groups excluding carboxylic acids is 2. The number of anilines is 1. The molecule has 0 heterocycles. The van der Waals surface area contributed by atoms with E-state index in [1.165, 1.54) is 44.4 Å². The summed E-state index contributed by atoms with van der Waals surface area (Å²) in [6, 6.07) is 9.25. The fraction of sp³-hybridized carbons (Fsp3) is 0.200. The van der Waals surface area contributed by atoms with Gasteiger partial charge in [-0.25, -0.2) is 17.1 Å². The van der Waals surface area contributed by atoms with Gasteiger partial charge in [0.05, 0.1) is 16.0 Å². The topological polar surface area (TPSA) is 92.8 Å². The number of alkyl halides is 3. The quantitative estimate of drug-likeness (QED) is 0.292. The lowest BCUT2D eigenvalue weighted by Crippen LogP contribution is -2.23. The monoisotopic (exact) mass is 572 g/mol. The van der Waals surface area contributed by atoms with E-state index in [2.05, 4.69) is 5.32 Å². The Morgan fingerprint density at radius 3 is 2.32 bits per heavy atom. The molecule has 0 atom stereocenters. The highest BCUT2D eigenvalue weighted by Gasteiger charge is 2.32. The van der Waals surface area contributed by atoms with E-state index in [1.807, 2.05) is 0 Å². The number of nitrogens with zero attached hydrogens (tertiary/aromatic N) is 1. The minimum Gasteiger partial charge on any atom is -0.483 e. The fourth-order valence-corrected chi connectivity index (χ4v) is 4.48. The van der Waals surface area contributed by atoms with Crippen LogP contribution in [0.3, 0.4) is 0 Å². The van der Waals surface area contributed by atoms with Crippen molar-refractivity contribution in [3.05, 3.63) is 87.7 Å². The third-order valence-electron chi connectivity index (χ3n) is 5.28. The summed E-state index contributed by atoms with van der Waals surface area (Å²) in [5, 5.41) is 2.61. The molecule has 0 radical (unpaired) electrons. The molecular formula is C25H21ClF4N2O5S. The van der Waals surface area contributed by atoms with Crippen molar-refractivity contribution in [3.63, 3.8) is 0 Å². The molecule has 0 unspecified atom stereocenters. The molecule has 0 aliphatic heterocycles. The minimum atomic E-state index is -4.88. The van der Waals surface area contributed by atoms with Crippen molar-refractivity contribution >= 4 is 39.0 Å². The van der Waals surface area contributed by atoms with Crippen LogP contribution >= 0.6 is 11.6 Å². The first kappa shape index (κ1) is 29.1. The first-order valence-electron chi connectivity index (χ1n) is 10.8. The summed E-state index contributed by atoms with van der Waals surface area (Å²) in [6.45, 7) is 0.978. The van der Waals surface area contributed by atoms with E-state index < -0.39 is 51.4 Å². The van der Waals surface area contributed by atoms with Crippen molar-refractivity contribution in [2.75, 3.05) is 26.0 Å². The molecule has 13 heteroatoms. The number of carbonyl (C=O) groups is 2. The van der Waals surface area contributed by atoms with Gasteiger partial charge in [-0.15, -0.1) is 0 Å². The van der Waals surface area contributed by atoms with Crippen molar-refractivity contribution in [1.29, 1.82) is 0 Å². The maximum Gasteiger partial charge on any atom is 0.416 e. The molecule has 3 aromatic carbocycles. The second-order valence-electron chi connectivity index (χ2n) is 8.30.